The van der Waals surface area contributed by atoms with Crippen molar-refractivity contribution < 1.29 is 19.4 Å². The third-order valence-electron chi connectivity index (χ3n) is 7.82. The summed E-state index contributed by atoms with van der Waals surface area (Å²) in [6.45, 7) is 4.49. The second-order valence-corrected chi connectivity index (χ2v) is 12.0. The summed E-state index contributed by atoms with van der Waals surface area (Å²) in [5.74, 6) is -0.812. The second kappa shape index (κ2) is 33.7. The molecular weight excluding hydrogens is 520 g/mol. The lowest BCUT2D eigenvalue weighted by Crippen LogP contribution is -2.16. The SMILES string of the molecule is CCCCC/C=C\C/C=C\C(CCCCCCC(=O)O)OC(=O)CCCCCCCCC/C=C\CCCCCCCC. The van der Waals surface area contributed by atoms with Gasteiger partial charge in [0.1, 0.15) is 6.10 Å². The molecule has 244 valence electrons. The fourth-order valence-corrected chi connectivity index (χ4v) is 5.13. The Labute approximate surface area is 260 Å². The molecule has 42 heavy (non-hydrogen) atoms. The molecule has 0 spiro atoms. The quantitative estimate of drug-likeness (QED) is 0.0482. The second-order valence-electron chi connectivity index (χ2n) is 12.0. The Bertz CT molecular complexity index is 679. The lowest BCUT2D eigenvalue weighted by Gasteiger charge is -2.14. The summed E-state index contributed by atoms with van der Waals surface area (Å²) in [5, 5.41) is 8.80. The van der Waals surface area contributed by atoms with Gasteiger partial charge in [-0.05, 0) is 76.7 Å². The number of ether oxygens (including phenoxy) is 1. The van der Waals surface area contributed by atoms with Crippen LogP contribution >= 0.6 is 0 Å². The van der Waals surface area contributed by atoms with Gasteiger partial charge in [0, 0.05) is 12.8 Å². The Morgan fingerprint density at radius 1 is 0.548 bits per heavy atom. The van der Waals surface area contributed by atoms with Crippen LogP contribution < -0.4 is 0 Å². The van der Waals surface area contributed by atoms with Gasteiger partial charge in [-0.3, -0.25) is 9.59 Å². The van der Waals surface area contributed by atoms with Crippen LogP contribution in [0.4, 0.5) is 0 Å². The van der Waals surface area contributed by atoms with Gasteiger partial charge >= 0.3 is 11.9 Å². The van der Waals surface area contributed by atoms with Gasteiger partial charge in [-0.15, -0.1) is 0 Å². The van der Waals surface area contributed by atoms with E-state index in [2.05, 4.69) is 50.3 Å². The number of unbranched alkanes of at least 4 members (excludes halogenated alkanes) is 19. The van der Waals surface area contributed by atoms with Gasteiger partial charge in [0.05, 0.1) is 0 Å². The molecule has 0 bridgehead atoms. The highest BCUT2D eigenvalue weighted by Gasteiger charge is 2.11. The smallest absolute Gasteiger partial charge is 0.306 e. The monoisotopic (exact) mass is 589 g/mol. The van der Waals surface area contributed by atoms with E-state index in [1.165, 1.54) is 103 Å². The Morgan fingerprint density at radius 3 is 1.60 bits per heavy atom. The molecule has 0 aliphatic heterocycles. The first-order chi connectivity index (χ1) is 20.6. The molecule has 1 unspecified atom stereocenters. The summed E-state index contributed by atoms with van der Waals surface area (Å²) in [4.78, 5) is 23.2. The number of allylic oxidation sites excluding steroid dienone is 5. The van der Waals surface area contributed by atoms with E-state index < -0.39 is 5.97 Å². The van der Waals surface area contributed by atoms with Crippen LogP contribution in [0.25, 0.3) is 0 Å². The third kappa shape index (κ3) is 32.7. The van der Waals surface area contributed by atoms with Crippen LogP contribution in [0.2, 0.25) is 0 Å². The van der Waals surface area contributed by atoms with Crippen molar-refractivity contribution in [1.29, 1.82) is 0 Å². The number of aliphatic carboxylic acids is 1. The maximum Gasteiger partial charge on any atom is 0.306 e. The number of hydrogen-bond donors (Lipinski definition) is 1. The zero-order valence-corrected chi connectivity index (χ0v) is 27.8. The molecule has 0 aliphatic rings. The highest BCUT2D eigenvalue weighted by atomic mass is 16.5. The molecule has 0 heterocycles. The average molecular weight is 589 g/mol. The maximum absolute atomic E-state index is 12.5. The average Bonchev–Trinajstić information content (AvgIpc) is 2.97. The Morgan fingerprint density at radius 2 is 1.00 bits per heavy atom. The molecule has 4 nitrogen and oxygen atoms in total. The van der Waals surface area contributed by atoms with Crippen molar-refractivity contribution in [2.75, 3.05) is 0 Å². The summed E-state index contributed by atoms with van der Waals surface area (Å²) in [6.07, 6.45) is 43.1. The van der Waals surface area contributed by atoms with E-state index in [4.69, 9.17) is 9.84 Å². The van der Waals surface area contributed by atoms with Crippen LogP contribution in [0, 0.1) is 0 Å². The van der Waals surface area contributed by atoms with E-state index in [-0.39, 0.29) is 18.5 Å². The normalized spacial score (nSPS) is 12.6. The lowest BCUT2D eigenvalue weighted by molar-refractivity contribution is -0.147. The van der Waals surface area contributed by atoms with Crippen molar-refractivity contribution in [2.45, 2.75) is 193 Å². The van der Waals surface area contributed by atoms with Crippen molar-refractivity contribution >= 4 is 11.9 Å². The number of hydrogen-bond acceptors (Lipinski definition) is 3. The number of rotatable bonds is 32. The minimum Gasteiger partial charge on any atom is -0.481 e. The Hall–Kier alpha value is -1.84. The molecule has 1 atom stereocenters. The molecular formula is C38H68O4. The van der Waals surface area contributed by atoms with Crippen LogP contribution in [0.3, 0.4) is 0 Å². The van der Waals surface area contributed by atoms with Gasteiger partial charge in [0.15, 0.2) is 0 Å². The molecule has 0 saturated heterocycles. The van der Waals surface area contributed by atoms with E-state index in [0.717, 1.165) is 57.8 Å². The topological polar surface area (TPSA) is 63.6 Å². The predicted molar refractivity (Wildman–Crippen MR) is 181 cm³/mol. The first kappa shape index (κ1) is 40.2. The zero-order valence-electron chi connectivity index (χ0n) is 27.8. The van der Waals surface area contributed by atoms with Crippen molar-refractivity contribution in [3.8, 4) is 0 Å². The molecule has 0 rings (SSSR count). The van der Waals surface area contributed by atoms with Crippen LogP contribution in [0.1, 0.15) is 187 Å². The summed E-state index contributed by atoms with van der Waals surface area (Å²) in [7, 11) is 0. The molecule has 1 N–H and O–H groups in total. The highest BCUT2D eigenvalue weighted by Crippen LogP contribution is 2.15. The van der Waals surface area contributed by atoms with Crippen LogP contribution in [-0.4, -0.2) is 23.1 Å². The number of carbonyl (C=O) groups excluding carboxylic acids is 1. The summed E-state index contributed by atoms with van der Waals surface area (Å²) in [5.41, 5.74) is 0. The molecule has 0 saturated carbocycles. The molecule has 0 aromatic carbocycles. The van der Waals surface area contributed by atoms with E-state index in [9.17, 15) is 9.59 Å². The molecule has 0 aliphatic carbocycles. The first-order valence-electron chi connectivity index (χ1n) is 18.0. The summed E-state index contributed by atoms with van der Waals surface area (Å²) < 4.78 is 5.83. The standard InChI is InChI=1S/C38H68O4/c1-3-5-7-9-11-13-14-15-16-17-18-19-20-21-23-25-31-35-38(41)42-36(33-29-26-27-30-34-37(39)40)32-28-24-22-12-10-8-6-4-2/h12,15-16,22,28,32,36H,3-11,13-14,17-21,23-27,29-31,33-35H2,1-2H3,(H,39,40)/b16-15-,22-12-,32-28-. The lowest BCUT2D eigenvalue weighted by atomic mass is 10.1. The van der Waals surface area contributed by atoms with Crippen LogP contribution in [0.5, 0.6) is 0 Å². The van der Waals surface area contributed by atoms with Gasteiger partial charge < -0.3 is 9.84 Å². The zero-order chi connectivity index (χ0) is 30.8. The summed E-state index contributed by atoms with van der Waals surface area (Å²) in [6, 6.07) is 0. The Kier molecular flexibility index (Phi) is 32.2. The third-order valence-corrected chi connectivity index (χ3v) is 7.82. The molecule has 4 heteroatoms. The van der Waals surface area contributed by atoms with Gasteiger partial charge in [-0.25, -0.2) is 0 Å². The van der Waals surface area contributed by atoms with Crippen molar-refractivity contribution in [3.63, 3.8) is 0 Å². The minimum absolute atomic E-state index is 0.0848. The molecule has 0 radical (unpaired) electrons. The maximum atomic E-state index is 12.5. The first-order valence-corrected chi connectivity index (χ1v) is 18.0. The van der Waals surface area contributed by atoms with Gasteiger partial charge in [-0.2, -0.15) is 0 Å². The molecule has 0 aromatic heterocycles. The van der Waals surface area contributed by atoms with Gasteiger partial charge in [0.2, 0.25) is 0 Å². The van der Waals surface area contributed by atoms with Gasteiger partial charge in [-0.1, -0.05) is 134 Å². The fourth-order valence-electron chi connectivity index (χ4n) is 5.13. The van der Waals surface area contributed by atoms with E-state index in [0.29, 0.717) is 6.42 Å². The predicted octanol–water partition coefficient (Wildman–Crippen LogP) is 12.2. The molecule has 0 amide bonds. The van der Waals surface area contributed by atoms with Crippen molar-refractivity contribution in [2.24, 2.45) is 0 Å². The highest BCUT2D eigenvalue weighted by molar-refractivity contribution is 5.69. The van der Waals surface area contributed by atoms with Crippen molar-refractivity contribution in [1.82, 2.24) is 0 Å². The number of carbonyl (C=O) groups is 2. The number of carboxylic acids is 1. The van der Waals surface area contributed by atoms with Crippen LogP contribution in [0.15, 0.2) is 36.5 Å². The largest absolute Gasteiger partial charge is 0.481 e. The summed E-state index contributed by atoms with van der Waals surface area (Å²) >= 11 is 0. The minimum atomic E-state index is -0.728. The van der Waals surface area contributed by atoms with Gasteiger partial charge in [0.25, 0.3) is 0 Å². The van der Waals surface area contributed by atoms with Crippen molar-refractivity contribution in [3.05, 3.63) is 36.5 Å². The van der Waals surface area contributed by atoms with E-state index >= 15 is 0 Å². The van der Waals surface area contributed by atoms with E-state index in [1.807, 2.05) is 0 Å². The van der Waals surface area contributed by atoms with E-state index in [1.54, 1.807) is 0 Å². The molecule has 0 aromatic rings. The number of carboxylic acid groups (broad SMARTS) is 1. The fraction of sp³-hybridized carbons (Fsp3) is 0.789. The van der Waals surface area contributed by atoms with Crippen LogP contribution in [-0.2, 0) is 14.3 Å². The molecule has 0 fully saturated rings. The Balaban J connectivity index is 3.99. The number of esters is 1.